The number of rotatable bonds is 10. The van der Waals surface area contributed by atoms with Gasteiger partial charge in [0.05, 0.1) is 31.9 Å². The maximum Gasteiger partial charge on any atom is 0.248 e. The maximum absolute atomic E-state index is 12.8. The summed E-state index contributed by atoms with van der Waals surface area (Å²) in [5, 5.41) is 2.68. The molecule has 168 valence electrons. The number of hydrogen-bond acceptors (Lipinski definition) is 6. The lowest BCUT2D eigenvalue weighted by atomic mass is 10.2. The predicted molar refractivity (Wildman–Crippen MR) is 120 cm³/mol. The van der Waals surface area contributed by atoms with Gasteiger partial charge in [0.15, 0.2) is 0 Å². The Hall–Kier alpha value is -3.04. The Balaban J connectivity index is 2.29. The highest BCUT2D eigenvalue weighted by Gasteiger charge is 2.23. The minimum Gasteiger partial charge on any atom is -0.497 e. The molecule has 2 aromatic carbocycles. The summed E-state index contributed by atoms with van der Waals surface area (Å²) in [5.41, 5.74) is 0.963. The van der Waals surface area contributed by atoms with Gasteiger partial charge in [-0.3, -0.25) is 4.79 Å². The molecule has 9 heteroatoms. The molecule has 0 bridgehead atoms. The first-order chi connectivity index (χ1) is 14.8. The second-order valence-corrected chi connectivity index (χ2v) is 8.36. The van der Waals surface area contributed by atoms with Gasteiger partial charge in [0.2, 0.25) is 15.9 Å². The number of methoxy groups -OCH3 is 3. The van der Waals surface area contributed by atoms with Crippen LogP contribution in [0.3, 0.4) is 0 Å². The first-order valence-corrected chi connectivity index (χ1v) is 11.1. The summed E-state index contributed by atoms with van der Waals surface area (Å²) in [7, 11) is 0.856. The number of ether oxygens (including phenoxy) is 3. The van der Waals surface area contributed by atoms with Crippen molar-refractivity contribution in [2.45, 2.75) is 18.7 Å². The Labute approximate surface area is 183 Å². The third-order valence-electron chi connectivity index (χ3n) is 4.57. The lowest BCUT2D eigenvalue weighted by Crippen LogP contribution is -2.30. The molecule has 0 atom stereocenters. The van der Waals surface area contributed by atoms with Crippen molar-refractivity contribution in [3.63, 3.8) is 0 Å². The highest BCUT2D eigenvalue weighted by molar-refractivity contribution is 7.89. The monoisotopic (exact) mass is 448 g/mol. The van der Waals surface area contributed by atoms with Crippen LogP contribution in [-0.4, -0.2) is 53.0 Å². The second kappa shape index (κ2) is 10.8. The third-order valence-corrected chi connectivity index (χ3v) is 6.62. The van der Waals surface area contributed by atoms with E-state index < -0.39 is 15.9 Å². The Bertz CT molecular complexity index is 1020. The number of carbonyl (C=O) groups is 1. The Morgan fingerprint density at radius 2 is 1.58 bits per heavy atom. The van der Waals surface area contributed by atoms with Crippen LogP contribution >= 0.6 is 0 Å². The van der Waals surface area contributed by atoms with Gasteiger partial charge in [-0.1, -0.05) is 13.8 Å². The number of benzene rings is 2. The van der Waals surface area contributed by atoms with E-state index in [0.29, 0.717) is 35.9 Å². The van der Waals surface area contributed by atoms with Gasteiger partial charge in [-0.05, 0) is 42.0 Å². The minimum absolute atomic E-state index is 0.0776. The standard InChI is InChI=1S/C22H28N2O6S/c1-6-24(7-2)31(26,27)19-9-10-21(30-5)20(15-19)23-22(25)11-8-16-12-17(28-3)14-18(13-16)29-4/h8-15H,6-7H2,1-5H3,(H,23,25)/b11-8+. The second-order valence-electron chi connectivity index (χ2n) is 6.42. The zero-order valence-electron chi connectivity index (χ0n) is 18.3. The highest BCUT2D eigenvalue weighted by atomic mass is 32.2. The zero-order chi connectivity index (χ0) is 23.0. The molecule has 0 radical (unpaired) electrons. The summed E-state index contributed by atoms with van der Waals surface area (Å²) < 4.78 is 42.7. The van der Waals surface area contributed by atoms with Crippen molar-refractivity contribution in [1.29, 1.82) is 0 Å². The number of amides is 1. The van der Waals surface area contributed by atoms with Crippen LogP contribution in [0.15, 0.2) is 47.4 Å². The van der Waals surface area contributed by atoms with E-state index in [1.165, 1.54) is 35.7 Å². The quantitative estimate of drug-likeness (QED) is 0.560. The number of nitrogens with zero attached hydrogens (tertiary/aromatic N) is 1. The molecule has 2 rings (SSSR count). The lowest BCUT2D eigenvalue weighted by Gasteiger charge is -2.19. The highest BCUT2D eigenvalue weighted by Crippen LogP contribution is 2.29. The molecule has 0 saturated heterocycles. The fraction of sp³-hybridized carbons (Fsp3) is 0.318. The molecule has 0 aliphatic rings. The van der Waals surface area contributed by atoms with Crippen LogP contribution in [-0.2, 0) is 14.8 Å². The normalized spacial score (nSPS) is 11.5. The Morgan fingerprint density at radius 1 is 0.968 bits per heavy atom. The van der Waals surface area contributed by atoms with Crippen molar-refractivity contribution in [1.82, 2.24) is 4.31 Å². The van der Waals surface area contributed by atoms with E-state index in [0.717, 1.165) is 0 Å². The summed E-state index contributed by atoms with van der Waals surface area (Å²) in [5.74, 6) is 1.09. The van der Waals surface area contributed by atoms with Crippen LogP contribution in [0.5, 0.6) is 17.2 Å². The SMILES string of the molecule is CCN(CC)S(=O)(=O)c1ccc(OC)c(NC(=O)/C=C/c2cc(OC)cc(OC)c2)c1. The van der Waals surface area contributed by atoms with Crippen LogP contribution in [0.1, 0.15) is 19.4 Å². The van der Waals surface area contributed by atoms with Gasteiger partial charge in [-0.15, -0.1) is 0 Å². The number of hydrogen-bond donors (Lipinski definition) is 1. The third kappa shape index (κ3) is 5.99. The Kier molecular flexibility index (Phi) is 8.47. The first kappa shape index (κ1) is 24.2. The van der Waals surface area contributed by atoms with Crippen molar-refractivity contribution in [3.8, 4) is 17.2 Å². The summed E-state index contributed by atoms with van der Waals surface area (Å²) >= 11 is 0. The minimum atomic E-state index is -3.67. The summed E-state index contributed by atoms with van der Waals surface area (Å²) in [4.78, 5) is 12.6. The van der Waals surface area contributed by atoms with Gasteiger partial charge in [0.1, 0.15) is 17.2 Å². The van der Waals surface area contributed by atoms with Crippen LogP contribution in [0.25, 0.3) is 6.08 Å². The van der Waals surface area contributed by atoms with Gasteiger partial charge < -0.3 is 19.5 Å². The summed E-state index contributed by atoms with van der Waals surface area (Å²) in [6.45, 7) is 4.23. The number of anilines is 1. The largest absolute Gasteiger partial charge is 0.497 e. The topological polar surface area (TPSA) is 94.2 Å². The smallest absolute Gasteiger partial charge is 0.248 e. The van der Waals surface area contributed by atoms with Crippen LogP contribution in [0, 0.1) is 0 Å². The van der Waals surface area contributed by atoms with Crippen molar-refractivity contribution in [3.05, 3.63) is 48.0 Å². The van der Waals surface area contributed by atoms with E-state index >= 15 is 0 Å². The van der Waals surface area contributed by atoms with Crippen LogP contribution in [0.2, 0.25) is 0 Å². The van der Waals surface area contributed by atoms with Crippen molar-refractivity contribution in [2.75, 3.05) is 39.7 Å². The van der Waals surface area contributed by atoms with Gasteiger partial charge in [-0.25, -0.2) is 8.42 Å². The average molecular weight is 449 g/mol. The Morgan fingerprint density at radius 3 is 2.10 bits per heavy atom. The number of nitrogens with one attached hydrogen (secondary N) is 1. The molecular weight excluding hydrogens is 420 g/mol. The molecule has 8 nitrogen and oxygen atoms in total. The fourth-order valence-corrected chi connectivity index (χ4v) is 4.41. The van der Waals surface area contributed by atoms with Gasteiger partial charge in [-0.2, -0.15) is 4.31 Å². The van der Waals surface area contributed by atoms with E-state index in [2.05, 4.69) is 5.32 Å². The summed E-state index contributed by atoms with van der Waals surface area (Å²) in [6, 6.07) is 9.61. The molecule has 0 aliphatic heterocycles. The van der Waals surface area contributed by atoms with Gasteiger partial charge in [0, 0.05) is 25.2 Å². The van der Waals surface area contributed by atoms with Crippen LogP contribution in [0.4, 0.5) is 5.69 Å². The molecule has 0 spiro atoms. The average Bonchev–Trinajstić information content (AvgIpc) is 2.77. The van der Waals surface area contributed by atoms with Gasteiger partial charge >= 0.3 is 0 Å². The summed E-state index contributed by atoms with van der Waals surface area (Å²) in [6.07, 6.45) is 2.93. The number of sulfonamides is 1. The van der Waals surface area contributed by atoms with Crippen molar-refractivity contribution in [2.24, 2.45) is 0 Å². The van der Waals surface area contributed by atoms with Crippen molar-refractivity contribution < 1.29 is 27.4 Å². The fourth-order valence-electron chi connectivity index (χ4n) is 2.93. The van der Waals surface area contributed by atoms with E-state index in [1.807, 2.05) is 0 Å². The maximum atomic E-state index is 12.8. The van der Waals surface area contributed by atoms with E-state index in [9.17, 15) is 13.2 Å². The molecule has 0 unspecified atom stereocenters. The lowest BCUT2D eigenvalue weighted by molar-refractivity contribution is -0.111. The predicted octanol–water partition coefficient (Wildman–Crippen LogP) is 3.39. The zero-order valence-corrected chi connectivity index (χ0v) is 19.2. The molecule has 0 aliphatic carbocycles. The molecule has 0 fully saturated rings. The molecular formula is C22H28N2O6S. The number of carbonyl (C=O) groups excluding carboxylic acids is 1. The molecule has 0 heterocycles. The molecule has 1 N–H and O–H groups in total. The molecule has 31 heavy (non-hydrogen) atoms. The van der Waals surface area contributed by atoms with Crippen molar-refractivity contribution >= 4 is 27.7 Å². The molecule has 2 aromatic rings. The van der Waals surface area contributed by atoms with Gasteiger partial charge in [0.25, 0.3) is 0 Å². The molecule has 0 aromatic heterocycles. The molecule has 1 amide bonds. The van der Waals surface area contributed by atoms with Crippen LogP contribution < -0.4 is 19.5 Å². The first-order valence-electron chi connectivity index (χ1n) is 9.69. The van der Waals surface area contributed by atoms with E-state index in [4.69, 9.17) is 14.2 Å². The van der Waals surface area contributed by atoms with E-state index in [-0.39, 0.29) is 10.6 Å². The van der Waals surface area contributed by atoms with E-state index in [1.54, 1.807) is 52.3 Å². The molecule has 0 saturated carbocycles.